The topological polar surface area (TPSA) is 121 Å². The molecule has 3 aromatic heterocycles. The molecule has 5 rings (SSSR count). The number of nitrogens with zero attached hydrogens (tertiary/aromatic N) is 4. The van der Waals surface area contributed by atoms with E-state index in [2.05, 4.69) is 13.8 Å². The van der Waals surface area contributed by atoms with Crippen molar-refractivity contribution in [3.05, 3.63) is 81.4 Å². The Bertz CT molecular complexity index is 1610. The zero-order valence-electron chi connectivity index (χ0n) is 21.7. The Hall–Kier alpha value is -4.82. The Kier molecular flexibility index (Phi) is 7.21. The third-order valence-electron chi connectivity index (χ3n) is 7.31. The summed E-state index contributed by atoms with van der Waals surface area (Å²) < 4.78 is 12.6. The van der Waals surface area contributed by atoms with Crippen LogP contribution < -0.4 is 0 Å². The highest BCUT2D eigenvalue weighted by Gasteiger charge is 2.22. The van der Waals surface area contributed by atoms with Gasteiger partial charge < -0.3 is 8.83 Å². The Balaban J connectivity index is 1.46. The van der Waals surface area contributed by atoms with Crippen LogP contribution in [0, 0.1) is 59.2 Å². The van der Waals surface area contributed by atoms with Crippen LogP contribution in [0.2, 0.25) is 0 Å². The molecule has 39 heavy (non-hydrogen) atoms. The molecule has 0 bridgehead atoms. The first-order valence-corrected chi connectivity index (χ1v) is 13.6. The van der Waals surface area contributed by atoms with Gasteiger partial charge in [-0.25, -0.2) is 0 Å². The van der Waals surface area contributed by atoms with Crippen LogP contribution in [-0.4, -0.2) is 0 Å². The highest BCUT2D eigenvalue weighted by Crippen LogP contribution is 2.44. The van der Waals surface area contributed by atoms with Gasteiger partial charge in [-0.15, -0.1) is 11.3 Å². The summed E-state index contributed by atoms with van der Waals surface area (Å²) in [5, 5.41) is 37.0. The first kappa shape index (κ1) is 25.8. The second-order valence-corrected chi connectivity index (χ2v) is 10.7. The van der Waals surface area contributed by atoms with E-state index in [1.165, 1.54) is 0 Å². The minimum Gasteiger partial charge on any atom is -0.456 e. The third kappa shape index (κ3) is 4.89. The largest absolute Gasteiger partial charge is 0.456 e. The van der Waals surface area contributed by atoms with Gasteiger partial charge in [0.25, 0.3) is 0 Å². The van der Waals surface area contributed by atoms with Gasteiger partial charge in [-0.2, -0.15) is 21.0 Å². The van der Waals surface area contributed by atoms with Crippen molar-refractivity contribution in [2.24, 2.45) is 0 Å². The van der Waals surface area contributed by atoms with Gasteiger partial charge in [0.15, 0.2) is 0 Å². The number of hydrogen-bond acceptors (Lipinski definition) is 7. The van der Waals surface area contributed by atoms with E-state index in [9.17, 15) is 21.0 Å². The zero-order chi connectivity index (χ0) is 27.5. The molecule has 0 N–H and O–H groups in total. The van der Waals surface area contributed by atoms with Gasteiger partial charge in [0.05, 0.1) is 9.75 Å². The summed E-state index contributed by atoms with van der Waals surface area (Å²) >= 11 is 1.62. The summed E-state index contributed by atoms with van der Waals surface area (Å²) in [6.07, 6.45) is 8.69. The summed E-state index contributed by atoms with van der Waals surface area (Å²) in [6.45, 7) is 4.16. The molecule has 0 atom stereocenters. The highest BCUT2D eigenvalue weighted by molar-refractivity contribution is 7.19. The van der Waals surface area contributed by atoms with Gasteiger partial charge in [0.2, 0.25) is 0 Å². The van der Waals surface area contributed by atoms with Crippen LogP contribution >= 0.6 is 11.3 Å². The van der Waals surface area contributed by atoms with E-state index >= 15 is 0 Å². The van der Waals surface area contributed by atoms with E-state index in [1.807, 2.05) is 60.7 Å². The fourth-order valence-electron chi connectivity index (χ4n) is 5.10. The summed E-state index contributed by atoms with van der Waals surface area (Å²) in [5.41, 5.74) is 6.11. The van der Waals surface area contributed by atoms with Gasteiger partial charge in [-0.3, -0.25) is 0 Å². The minimum atomic E-state index is 0.165. The van der Waals surface area contributed by atoms with Gasteiger partial charge >= 0.3 is 0 Å². The lowest BCUT2D eigenvalue weighted by Crippen LogP contribution is -1.96. The molecule has 0 spiro atoms. The normalized spacial score (nSPS) is 14.9. The molecule has 0 saturated carbocycles. The van der Waals surface area contributed by atoms with Crippen LogP contribution in [0.25, 0.3) is 32.4 Å². The van der Waals surface area contributed by atoms with Crippen LogP contribution in [0.4, 0.5) is 0 Å². The van der Waals surface area contributed by atoms with Crippen molar-refractivity contribution in [3.8, 4) is 45.6 Å². The first-order chi connectivity index (χ1) is 19.0. The van der Waals surface area contributed by atoms with E-state index in [0.717, 1.165) is 105 Å². The van der Waals surface area contributed by atoms with Crippen molar-refractivity contribution in [2.75, 3.05) is 0 Å². The van der Waals surface area contributed by atoms with Crippen LogP contribution in [-0.2, 0) is 0 Å². The van der Waals surface area contributed by atoms with Crippen molar-refractivity contribution in [2.45, 2.75) is 52.4 Å². The fourth-order valence-corrected chi connectivity index (χ4v) is 6.34. The first-order valence-electron chi connectivity index (χ1n) is 12.8. The zero-order valence-corrected chi connectivity index (χ0v) is 22.5. The molecule has 0 saturated heterocycles. The van der Waals surface area contributed by atoms with E-state index in [4.69, 9.17) is 8.83 Å². The Morgan fingerprint density at radius 2 is 1.00 bits per heavy atom. The molecule has 3 heterocycles. The average molecular weight is 529 g/mol. The average Bonchev–Trinajstić information content (AvgIpc) is 3.71. The minimum absolute atomic E-state index is 0.165. The quantitative estimate of drug-likeness (QED) is 0.312. The Labute approximate surface area is 231 Å². The lowest BCUT2D eigenvalue weighted by molar-refractivity contribution is 0.563. The molecule has 0 unspecified atom stereocenters. The van der Waals surface area contributed by atoms with Gasteiger partial charge in [0, 0.05) is 0 Å². The Morgan fingerprint density at radius 1 is 0.615 bits per heavy atom. The number of rotatable bonds is 4. The standard InChI is InChI=1S/C32H24N4O2S/c1-19-20(2)32(30-12-10-28(38-30)24-8-4-6-22(14-24)26(17-35)18-36)39-31(19)29-11-9-27(37-29)23-7-3-5-21(13-23)25(15-33)16-34/h9-14H,3-8H2,1-2H3. The molecule has 2 aliphatic rings. The molecule has 0 aromatic carbocycles. The molecule has 0 fully saturated rings. The molecule has 190 valence electrons. The van der Waals surface area contributed by atoms with E-state index in [1.54, 1.807) is 11.3 Å². The predicted octanol–water partition coefficient (Wildman–Crippen LogP) is 8.71. The van der Waals surface area contributed by atoms with E-state index in [0.29, 0.717) is 0 Å². The monoisotopic (exact) mass is 528 g/mol. The lowest BCUT2D eigenvalue weighted by Gasteiger charge is -2.13. The summed E-state index contributed by atoms with van der Waals surface area (Å²) in [6, 6.07) is 15.8. The van der Waals surface area contributed by atoms with Gasteiger partial charge in [0.1, 0.15) is 58.5 Å². The van der Waals surface area contributed by atoms with Crippen molar-refractivity contribution in [1.82, 2.24) is 0 Å². The van der Waals surface area contributed by atoms with Crippen molar-refractivity contribution in [3.63, 3.8) is 0 Å². The van der Waals surface area contributed by atoms with E-state index < -0.39 is 0 Å². The highest BCUT2D eigenvalue weighted by atomic mass is 32.1. The molecular weight excluding hydrogens is 504 g/mol. The van der Waals surface area contributed by atoms with Crippen LogP contribution in [0.1, 0.15) is 61.2 Å². The summed E-state index contributed by atoms with van der Waals surface area (Å²) in [7, 11) is 0. The molecule has 2 aliphatic carbocycles. The smallest absolute Gasteiger partial charge is 0.145 e. The summed E-state index contributed by atoms with van der Waals surface area (Å²) in [4.78, 5) is 2.06. The molecular formula is C32H24N4O2S. The molecule has 7 heteroatoms. The summed E-state index contributed by atoms with van der Waals surface area (Å²) in [5.74, 6) is 3.06. The lowest BCUT2D eigenvalue weighted by atomic mass is 9.91. The van der Waals surface area contributed by atoms with Gasteiger partial charge in [-0.1, -0.05) is 12.2 Å². The van der Waals surface area contributed by atoms with Crippen molar-refractivity contribution >= 4 is 22.5 Å². The second-order valence-electron chi connectivity index (χ2n) is 9.63. The maximum atomic E-state index is 9.25. The molecule has 0 aliphatic heterocycles. The van der Waals surface area contributed by atoms with Crippen molar-refractivity contribution < 1.29 is 8.83 Å². The van der Waals surface area contributed by atoms with E-state index in [-0.39, 0.29) is 11.1 Å². The molecule has 0 amide bonds. The van der Waals surface area contributed by atoms with Crippen molar-refractivity contribution in [1.29, 1.82) is 21.0 Å². The SMILES string of the molecule is Cc1c(-c2ccc(C3=CC(=C(C#N)C#N)CCC3)o2)sc(-c2ccc(C3=CC(=C(C#N)C#N)CCC3)o2)c1C. The van der Waals surface area contributed by atoms with Gasteiger partial charge in [-0.05, 0) is 110 Å². The second kappa shape index (κ2) is 10.9. The molecule has 6 nitrogen and oxygen atoms in total. The maximum Gasteiger partial charge on any atom is 0.145 e. The molecule has 3 aromatic rings. The predicted molar refractivity (Wildman–Crippen MR) is 149 cm³/mol. The number of thiophene rings is 1. The van der Waals surface area contributed by atoms with Crippen LogP contribution in [0.3, 0.4) is 0 Å². The number of furan rings is 2. The number of nitriles is 4. The third-order valence-corrected chi connectivity index (χ3v) is 8.73. The molecule has 0 radical (unpaired) electrons. The fraction of sp³-hybridized carbons (Fsp3) is 0.250. The number of hydrogen-bond donors (Lipinski definition) is 0. The van der Waals surface area contributed by atoms with Crippen LogP contribution in [0.5, 0.6) is 0 Å². The maximum absolute atomic E-state index is 9.25. The van der Waals surface area contributed by atoms with Crippen LogP contribution in [0.15, 0.2) is 67.5 Å². The number of allylic oxidation sites excluding steroid dienone is 8. The Morgan fingerprint density at radius 3 is 1.38 bits per heavy atom.